The van der Waals surface area contributed by atoms with Crippen LogP contribution in [0.5, 0.6) is 0 Å². The molecule has 4 nitrogen and oxygen atoms in total. The summed E-state index contributed by atoms with van der Waals surface area (Å²) in [5.74, 6) is 0.906. The monoisotopic (exact) mass is 201 g/mol. The van der Waals surface area contributed by atoms with Gasteiger partial charge in [0.2, 0.25) is 0 Å². The van der Waals surface area contributed by atoms with Crippen LogP contribution in [0.15, 0.2) is 29.4 Å². The quantitative estimate of drug-likeness (QED) is 0.601. The van der Waals surface area contributed by atoms with E-state index in [1.54, 1.807) is 0 Å². The van der Waals surface area contributed by atoms with E-state index in [1.165, 1.54) is 10.9 Å². The zero-order chi connectivity index (χ0) is 10.3. The molecular formula is C11H13N4+. The first-order chi connectivity index (χ1) is 7.33. The van der Waals surface area contributed by atoms with E-state index in [-0.39, 0.29) is 0 Å². The topological polar surface area (TPSA) is 44.1 Å². The highest BCUT2D eigenvalue weighted by Gasteiger charge is 2.18. The van der Waals surface area contributed by atoms with Gasteiger partial charge in [-0.15, -0.1) is 9.67 Å². The van der Waals surface area contributed by atoms with E-state index in [1.807, 2.05) is 4.68 Å². The molecular weight excluding hydrogens is 188 g/mol. The van der Waals surface area contributed by atoms with Gasteiger partial charge in [-0.1, -0.05) is 6.07 Å². The van der Waals surface area contributed by atoms with Crippen LogP contribution in [-0.4, -0.2) is 24.1 Å². The van der Waals surface area contributed by atoms with Crippen molar-refractivity contribution in [3.8, 4) is 0 Å². The summed E-state index contributed by atoms with van der Waals surface area (Å²) in [6.07, 6.45) is 2.06. The number of rotatable bonds is 0. The molecule has 0 spiro atoms. The van der Waals surface area contributed by atoms with Gasteiger partial charge in [0, 0.05) is 5.39 Å². The maximum absolute atomic E-state index is 4.36. The Hall–Kier alpha value is -1.84. The van der Waals surface area contributed by atoms with Crippen molar-refractivity contribution in [2.24, 2.45) is 4.99 Å². The molecule has 0 bridgehead atoms. The SMILES string of the molecule is Cc1ccc2c[n+](C3=NCCN3)[nH]c2c1. The van der Waals surface area contributed by atoms with E-state index < -0.39 is 0 Å². The first-order valence-electron chi connectivity index (χ1n) is 5.13. The molecule has 3 rings (SSSR count). The molecule has 1 aliphatic rings. The summed E-state index contributed by atoms with van der Waals surface area (Å²) >= 11 is 0. The minimum atomic E-state index is 0.858. The Kier molecular flexibility index (Phi) is 1.74. The standard InChI is InChI=1S/C11H12N4/c1-8-2-3-9-7-15(14-10(9)6-8)11-12-4-5-13-11/h2-3,6-7H,4-5H2,1H3,(H,12,13)/p+1. The number of hydrogen-bond donors (Lipinski definition) is 2. The van der Waals surface area contributed by atoms with Gasteiger partial charge in [0.05, 0.1) is 12.1 Å². The Labute approximate surface area is 87.6 Å². The van der Waals surface area contributed by atoms with E-state index in [0.29, 0.717) is 0 Å². The Morgan fingerprint density at radius 3 is 3.13 bits per heavy atom. The van der Waals surface area contributed by atoms with Crippen molar-refractivity contribution in [1.29, 1.82) is 0 Å². The Morgan fingerprint density at radius 1 is 1.40 bits per heavy atom. The minimum Gasteiger partial charge on any atom is -0.270 e. The van der Waals surface area contributed by atoms with Crippen molar-refractivity contribution >= 4 is 16.9 Å². The van der Waals surface area contributed by atoms with Crippen LogP contribution in [0, 0.1) is 6.92 Å². The lowest BCUT2D eigenvalue weighted by molar-refractivity contribution is -0.618. The molecule has 4 heteroatoms. The summed E-state index contributed by atoms with van der Waals surface area (Å²) < 4.78 is 1.94. The molecule has 1 aromatic heterocycles. The lowest BCUT2D eigenvalue weighted by Gasteiger charge is -1.91. The van der Waals surface area contributed by atoms with Gasteiger partial charge < -0.3 is 0 Å². The van der Waals surface area contributed by atoms with E-state index >= 15 is 0 Å². The predicted octanol–water partition coefficient (Wildman–Crippen LogP) is 0.571. The molecule has 2 N–H and O–H groups in total. The highest BCUT2D eigenvalue weighted by Crippen LogP contribution is 2.10. The number of aromatic amines is 1. The van der Waals surface area contributed by atoms with Crippen molar-refractivity contribution in [3.63, 3.8) is 0 Å². The molecule has 0 radical (unpaired) electrons. The van der Waals surface area contributed by atoms with Crippen LogP contribution in [-0.2, 0) is 0 Å². The fraction of sp³-hybridized carbons (Fsp3) is 0.273. The van der Waals surface area contributed by atoms with Crippen molar-refractivity contribution in [2.45, 2.75) is 6.92 Å². The van der Waals surface area contributed by atoms with Gasteiger partial charge in [-0.3, -0.25) is 5.32 Å². The summed E-state index contributed by atoms with van der Waals surface area (Å²) in [5, 5.41) is 7.74. The van der Waals surface area contributed by atoms with E-state index in [9.17, 15) is 0 Å². The van der Waals surface area contributed by atoms with Gasteiger partial charge in [-0.25, -0.2) is 5.10 Å². The highest BCUT2D eigenvalue weighted by molar-refractivity contribution is 5.80. The molecule has 0 aliphatic carbocycles. The fourth-order valence-corrected chi connectivity index (χ4v) is 1.84. The number of aryl methyl sites for hydroxylation is 1. The minimum absolute atomic E-state index is 0.858. The number of hydrogen-bond acceptors (Lipinski definition) is 2. The summed E-state index contributed by atoms with van der Waals surface area (Å²) in [6.45, 7) is 3.88. The molecule has 15 heavy (non-hydrogen) atoms. The molecule has 2 aromatic rings. The van der Waals surface area contributed by atoms with Gasteiger partial charge in [0.1, 0.15) is 12.7 Å². The van der Waals surface area contributed by atoms with Crippen LogP contribution in [0.4, 0.5) is 0 Å². The molecule has 0 amide bonds. The van der Waals surface area contributed by atoms with Crippen molar-refractivity contribution in [2.75, 3.05) is 13.1 Å². The fourth-order valence-electron chi connectivity index (χ4n) is 1.84. The maximum atomic E-state index is 4.36. The number of nitrogens with zero attached hydrogens (tertiary/aromatic N) is 2. The normalized spacial score (nSPS) is 15.4. The zero-order valence-corrected chi connectivity index (χ0v) is 8.62. The first kappa shape index (κ1) is 8.47. The Bertz CT molecular complexity index is 539. The molecule has 76 valence electrons. The largest absolute Gasteiger partial charge is 0.408 e. The number of aliphatic imine (C=N–C) groups is 1. The van der Waals surface area contributed by atoms with Gasteiger partial charge in [0.15, 0.2) is 0 Å². The van der Waals surface area contributed by atoms with E-state index in [2.05, 4.69) is 46.7 Å². The van der Waals surface area contributed by atoms with Crippen LogP contribution in [0.3, 0.4) is 0 Å². The second kappa shape index (κ2) is 3.08. The Balaban J connectivity index is 2.13. The van der Waals surface area contributed by atoms with E-state index in [0.717, 1.165) is 24.6 Å². The number of nitrogens with one attached hydrogen (secondary N) is 2. The third-order valence-electron chi connectivity index (χ3n) is 2.60. The van der Waals surface area contributed by atoms with Crippen molar-refractivity contribution < 1.29 is 4.68 Å². The lowest BCUT2D eigenvalue weighted by Crippen LogP contribution is -2.50. The van der Waals surface area contributed by atoms with Gasteiger partial charge in [-0.2, -0.15) is 0 Å². The summed E-state index contributed by atoms with van der Waals surface area (Å²) in [6, 6.07) is 6.37. The van der Waals surface area contributed by atoms with Gasteiger partial charge >= 0.3 is 5.96 Å². The van der Waals surface area contributed by atoms with Crippen LogP contribution < -0.4 is 10.00 Å². The van der Waals surface area contributed by atoms with Crippen molar-refractivity contribution in [3.05, 3.63) is 30.0 Å². The molecule has 0 atom stereocenters. The molecule has 0 unspecified atom stereocenters. The molecule has 1 aliphatic heterocycles. The maximum Gasteiger partial charge on any atom is 0.408 e. The van der Waals surface area contributed by atoms with Crippen LogP contribution >= 0.6 is 0 Å². The van der Waals surface area contributed by atoms with Crippen molar-refractivity contribution in [1.82, 2.24) is 10.4 Å². The number of aromatic nitrogens is 2. The van der Waals surface area contributed by atoms with Crippen LogP contribution in [0.25, 0.3) is 10.9 Å². The molecule has 2 heterocycles. The summed E-state index contributed by atoms with van der Waals surface area (Å²) in [5.41, 5.74) is 2.41. The number of fused-ring (bicyclic) bond motifs is 1. The third-order valence-corrected chi connectivity index (χ3v) is 2.60. The van der Waals surface area contributed by atoms with Gasteiger partial charge in [-0.05, 0) is 24.6 Å². The number of H-pyrrole nitrogens is 1. The second-order valence-electron chi connectivity index (χ2n) is 3.83. The Morgan fingerprint density at radius 2 is 2.33 bits per heavy atom. The zero-order valence-electron chi connectivity index (χ0n) is 8.62. The molecule has 0 saturated carbocycles. The van der Waals surface area contributed by atoms with Crippen LogP contribution in [0.2, 0.25) is 0 Å². The summed E-state index contributed by atoms with van der Waals surface area (Å²) in [7, 11) is 0. The lowest BCUT2D eigenvalue weighted by atomic mass is 10.2. The molecule has 1 aromatic carbocycles. The average Bonchev–Trinajstić information content (AvgIpc) is 2.84. The first-order valence-corrected chi connectivity index (χ1v) is 5.13. The van der Waals surface area contributed by atoms with Crippen LogP contribution in [0.1, 0.15) is 5.56 Å². The molecule has 0 fully saturated rings. The number of benzene rings is 1. The second-order valence-corrected chi connectivity index (χ2v) is 3.83. The molecule has 0 saturated heterocycles. The van der Waals surface area contributed by atoms with Gasteiger partial charge in [0.25, 0.3) is 0 Å². The third kappa shape index (κ3) is 1.38. The summed E-state index contributed by atoms with van der Waals surface area (Å²) in [4.78, 5) is 4.36. The highest BCUT2D eigenvalue weighted by atomic mass is 15.4. The predicted molar refractivity (Wildman–Crippen MR) is 58.9 cm³/mol. The average molecular weight is 201 g/mol. The smallest absolute Gasteiger partial charge is 0.270 e. The van der Waals surface area contributed by atoms with E-state index in [4.69, 9.17) is 0 Å².